The zero-order valence-electron chi connectivity index (χ0n) is 13.7. The number of benzene rings is 2. The topological polar surface area (TPSA) is 84.3 Å². The normalized spacial score (nSPS) is 10.7. The highest BCUT2D eigenvalue weighted by molar-refractivity contribution is 7.22. The molecule has 134 valence electrons. The molecule has 0 aliphatic heterocycles. The second kappa shape index (κ2) is 7.22. The molecule has 2 aromatic heterocycles. The molecule has 4 aromatic rings. The van der Waals surface area contributed by atoms with Gasteiger partial charge in [0.15, 0.2) is 10.8 Å². The fraction of sp³-hybridized carbons (Fsp3) is 0. The number of carbonyl (C=O) groups is 1. The molecule has 2 aromatic carbocycles. The molecule has 2 N–H and O–H groups in total. The minimum absolute atomic E-state index is 0.0668. The van der Waals surface area contributed by atoms with Gasteiger partial charge < -0.3 is 9.84 Å². The molecule has 1 amide bonds. The predicted octanol–water partition coefficient (Wildman–Crippen LogP) is 5.09. The molecule has 8 heteroatoms. The Labute approximate surface area is 163 Å². The number of ether oxygens (including phenoxy) is 1. The van der Waals surface area contributed by atoms with Gasteiger partial charge in [0.05, 0.1) is 15.2 Å². The number of pyridine rings is 1. The first-order valence-corrected chi connectivity index (χ1v) is 9.08. The van der Waals surface area contributed by atoms with Crippen LogP contribution in [0.3, 0.4) is 0 Å². The summed E-state index contributed by atoms with van der Waals surface area (Å²) in [6.07, 6.45) is 1.43. The number of fused-ring (bicyclic) bond motifs is 1. The fourth-order valence-corrected chi connectivity index (χ4v) is 3.47. The Morgan fingerprint density at radius 2 is 1.96 bits per heavy atom. The zero-order chi connectivity index (χ0) is 18.8. The van der Waals surface area contributed by atoms with Crippen LogP contribution in [-0.2, 0) is 0 Å². The van der Waals surface area contributed by atoms with Crippen molar-refractivity contribution in [2.45, 2.75) is 0 Å². The summed E-state index contributed by atoms with van der Waals surface area (Å²) >= 11 is 7.56. The first-order valence-electron chi connectivity index (χ1n) is 7.88. The van der Waals surface area contributed by atoms with Crippen molar-refractivity contribution in [3.05, 3.63) is 71.5 Å². The number of para-hydroxylation sites is 1. The van der Waals surface area contributed by atoms with Gasteiger partial charge in [-0.2, -0.15) is 0 Å². The van der Waals surface area contributed by atoms with Gasteiger partial charge >= 0.3 is 0 Å². The average molecular weight is 398 g/mol. The third-order valence-corrected chi connectivity index (χ3v) is 4.86. The van der Waals surface area contributed by atoms with Crippen LogP contribution in [0.25, 0.3) is 10.2 Å². The average Bonchev–Trinajstić information content (AvgIpc) is 3.04. The van der Waals surface area contributed by atoms with Crippen LogP contribution in [0.4, 0.5) is 5.13 Å². The van der Waals surface area contributed by atoms with E-state index in [1.54, 1.807) is 18.2 Å². The van der Waals surface area contributed by atoms with E-state index < -0.39 is 5.91 Å². The number of aromatic hydroxyl groups is 1. The van der Waals surface area contributed by atoms with Crippen molar-refractivity contribution in [3.63, 3.8) is 0 Å². The van der Waals surface area contributed by atoms with E-state index in [4.69, 9.17) is 16.3 Å². The Balaban J connectivity index is 1.61. The Bertz CT molecular complexity index is 1130. The number of hydrogen-bond donors (Lipinski definition) is 2. The van der Waals surface area contributed by atoms with E-state index in [-0.39, 0.29) is 11.4 Å². The van der Waals surface area contributed by atoms with E-state index in [0.29, 0.717) is 27.2 Å². The SMILES string of the molecule is O=C(Nc1nc2cc(Cl)c(Oc3ccccc3)cc2s1)c1ncccc1O. The molecule has 0 saturated heterocycles. The molecule has 0 radical (unpaired) electrons. The first kappa shape index (κ1) is 17.3. The van der Waals surface area contributed by atoms with Gasteiger partial charge in [-0.15, -0.1) is 0 Å². The van der Waals surface area contributed by atoms with E-state index in [2.05, 4.69) is 15.3 Å². The van der Waals surface area contributed by atoms with Gasteiger partial charge in [0, 0.05) is 12.3 Å². The molecule has 4 rings (SSSR count). The lowest BCUT2D eigenvalue weighted by Crippen LogP contribution is -2.13. The van der Waals surface area contributed by atoms with Crippen molar-refractivity contribution >= 4 is 44.2 Å². The molecule has 0 saturated carbocycles. The number of hydrogen-bond acceptors (Lipinski definition) is 6. The summed E-state index contributed by atoms with van der Waals surface area (Å²) in [6, 6.07) is 15.7. The van der Waals surface area contributed by atoms with E-state index in [1.165, 1.54) is 23.6 Å². The summed E-state index contributed by atoms with van der Waals surface area (Å²) in [5.74, 6) is 0.429. The highest BCUT2D eigenvalue weighted by Crippen LogP contribution is 2.37. The smallest absolute Gasteiger partial charge is 0.279 e. The van der Waals surface area contributed by atoms with Gasteiger partial charge in [-0.1, -0.05) is 41.1 Å². The van der Waals surface area contributed by atoms with Crippen LogP contribution in [-0.4, -0.2) is 21.0 Å². The maximum absolute atomic E-state index is 12.3. The van der Waals surface area contributed by atoms with E-state index in [0.717, 1.165) is 4.70 Å². The lowest BCUT2D eigenvalue weighted by Gasteiger charge is -2.07. The van der Waals surface area contributed by atoms with Crippen molar-refractivity contribution in [2.24, 2.45) is 0 Å². The standard InChI is InChI=1S/C19H12ClN3O3S/c20-12-9-13-16(10-15(12)26-11-5-2-1-3-6-11)27-19(22-13)23-18(25)17-14(24)7-4-8-21-17/h1-10,24H,(H,22,23,25). The van der Waals surface area contributed by atoms with Crippen LogP contribution >= 0.6 is 22.9 Å². The maximum atomic E-state index is 12.3. The number of halogens is 1. The fourth-order valence-electron chi connectivity index (χ4n) is 2.41. The number of nitrogens with zero attached hydrogens (tertiary/aromatic N) is 2. The second-order valence-corrected chi connectivity index (χ2v) is 6.95. The molecular weight excluding hydrogens is 386 g/mol. The van der Waals surface area contributed by atoms with Crippen LogP contribution in [0.2, 0.25) is 5.02 Å². The summed E-state index contributed by atoms with van der Waals surface area (Å²) in [5.41, 5.74) is 0.564. The minimum atomic E-state index is -0.543. The summed E-state index contributed by atoms with van der Waals surface area (Å²) in [4.78, 5) is 20.5. The molecule has 27 heavy (non-hydrogen) atoms. The first-order chi connectivity index (χ1) is 13.1. The zero-order valence-corrected chi connectivity index (χ0v) is 15.3. The molecule has 0 fully saturated rings. The monoisotopic (exact) mass is 397 g/mol. The van der Waals surface area contributed by atoms with Gasteiger partial charge in [-0.25, -0.2) is 9.97 Å². The Morgan fingerprint density at radius 1 is 1.15 bits per heavy atom. The third-order valence-electron chi connectivity index (χ3n) is 3.64. The number of carbonyl (C=O) groups excluding carboxylic acids is 1. The molecule has 0 spiro atoms. The number of anilines is 1. The van der Waals surface area contributed by atoms with Gasteiger partial charge in [0.1, 0.15) is 17.2 Å². The lowest BCUT2D eigenvalue weighted by atomic mass is 10.3. The van der Waals surface area contributed by atoms with Gasteiger partial charge in [0.25, 0.3) is 5.91 Å². The predicted molar refractivity (Wildman–Crippen MR) is 105 cm³/mol. The number of rotatable bonds is 4. The van der Waals surface area contributed by atoms with Crippen LogP contribution in [0.15, 0.2) is 60.8 Å². The lowest BCUT2D eigenvalue weighted by molar-refractivity contribution is 0.101. The third kappa shape index (κ3) is 3.69. The highest BCUT2D eigenvalue weighted by atomic mass is 35.5. The van der Waals surface area contributed by atoms with Crippen molar-refractivity contribution in [1.82, 2.24) is 9.97 Å². The Hall–Kier alpha value is -3.16. The van der Waals surface area contributed by atoms with Crippen LogP contribution in [0, 0.1) is 0 Å². The van der Waals surface area contributed by atoms with E-state index >= 15 is 0 Å². The Morgan fingerprint density at radius 3 is 2.74 bits per heavy atom. The van der Waals surface area contributed by atoms with Gasteiger partial charge in [-0.3, -0.25) is 10.1 Å². The van der Waals surface area contributed by atoms with Crippen LogP contribution in [0.1, 0.15) is 10.5 Å². The van der Waals surface area contributed by atoms with Crippen LogP contribution in [0.5, 0.6) is 17.2 Å². The largest absolute Gasteiger partial charge is 0.505 e. The molecule has 0 aliphatic carbocycles. The van der Waals surface area contributed by atoms with E-state index in [9.17, 15) is 9.90 Å². The number of aromatic nitrogens is 2. The second-order valence-electron chi connectivity index (χ2n) is 5.51. The molecule has 2 heterocycles. The molecular formula is C19H12ClN3O3S. The van der Waals surface area contributed by atoms with Gasteiger partial charge in [0.2, 0.25) is 0 Å². The van der Waals surface area contributed by atoms with Gasteiger partial charge in [-0.05, 0) is 30.3 Å². The molecule has 0 unspecified atom stereocenters. The molecule has 0 aliphatic rings. The molecule has 6 nitrogen and oxygen atoms in total. The summed E-state index contributed by atoms with van der Waals surface area (Å²) in [6.45, 7) is 0. The van der Waals surface area contributed by atoms with E-state index in [1.807, 2.05) is 30.3 Å². The van der Waals surface area contributed by atoms with Crippen molar-refractivity contribution in [3.8, 4) is 17.2 Å². The quantitative estimate of drug-likeness (QED) is 0.500. The maximum Gasteiger partial charge on any atom is 0.279 e. The number of nitrogens with one attached hydrogen (secondary N) is 1. The summed E-state index contributed by atoms with van der Waals surface area (Å²) < 4.78 is 6.61. The van der Waals surface area contributed by atoms with Crippen molar-refractivity contribution in [1.29, 1.82) is 0 Å². The summed E-state index contributed by atoms with van der Waals surface area (Å²) in [7, 11) is 0. The van der Waals surface area contributed by atoms with Crippen molar-refractivity contribution in [2.75, 3.05) is 5.32 Å². The minimum Gasteiger partial charge on any atom is -0.505 e. The number of amides is 1. The molecule has 0 bridgehead atoms. The highest BCUT2D eigenvalue weighted by Gasteiger charge is 2.16. The molecule has 0 atom stereocenters. The Kier molecular flexibility index (Phi) is 4.62. The number of thiazole rings is 1. The van der Waals surface area contributed by atoms with Crippen molar-refractivity contribution < 1.29 is 14.6 Å². The van der Waals surface area contributed by atoms with Crippen LogP contribution < -0.4 is 10.1 Å². The summed E-state index contributed by atoms with van der Waals surface area (Å²) in [5, 5.41) is 13.2.